The zero-order valence-corrected chi connectivity index (χ0v) is 23.5. The highest BCUT2D eigenvalue weighted by atomic mass is 35.5. The molecule has 0 aliphatic rings. The van der Waals surface area contributed by atoms with Crippen LogP contribution in [0, 0.1) is 13.8 Å². The Morgan fingerprint density at radius 1 is 0.757 bits per heavy atom. The zero-order chi connectivity index (χ0) is 28.0. The average molecular weight is 523 g/mol. The third-order valence-corrected chi connectivity index (χ3v) is 6.60. The number of H-pyrrole nitrogens is 1. The maximum atomic E-state index is 11.8. The molecule has 0 amide bonds. The summed E-state index contributed by atoms with van der Waals surface area (Å²) in [6, 6.07) is 15.3. The van der Waals surface area contributed by atoms with Crippen LogP contribution in [0.3, 0.4) is 0 Å². The summed E-state index contributed by atoms with van der Waals surface area (Å²) in [7, 11) is 0. The first kappa shape index (κ1) is 29.7. The number of fused-ring (bicyclic) bond motifs is 2. The molecule has 0 saturated carbocycles. The van der Waals surface area contributed by atoms with Crippen molar-refractivity contribution in [3.63, 3.8) is 0 Å². The van der Waals surface area contributed by atoms with Crippen molar-refractivity contribution in [2.45, 2.75) is 66.8 Å². The normalized spacial score (nSPS) is 12.1. The van der Waals surface area contributed by atoms with Gasteiger partial charge in [0.1, 0.15) is 5.78 Å². The Balaban J connectivity index is 0.000000221. The van der Waals surface area contributed by atoms with Gasteiger partial charge in [0.2, 0.25) is 0 Å². The van der Waals surface area contributed by atoms with Crippen molar-refractivity contribution in [1.29, 1.82) is 0 Å². The van der Waals surface area contributed by atoms with Gasteiger partial charge in [0, 0.05) is 44.3 Å². The van der Waals surface area contributed by atoms with Crippen LogP contribution in [-0.2, 0) is 9.59 Å². The van der Waals surface area contributed by atoms with Gasteiger partial charge in [-0.15, -0.1) is 11.6 Å². The molecule has 0 bridgehead atoms. The van der Waals surface area contributed by atoms with Crippen molar-refractivity contribution in [2.24, 2.45) is 0 Å². The van der Waals surface area contributed by atoms with Crippen molar-refractivity contribution in [3.8, 4) is 0 Å². The van der Waals surface area contributed by atoms with Gasteiger partial charge < -0.3 is 9.55 Å². The van der Waals surface area contributed by atoms with E-state index in [4.69, 9.17) is 11.6 Å². The molecule has 2 aromatic heterocycles. The molecular formula is C30H35ClN2O4. The third kappa shape index (κ3) is 6.83. The smallest absolute Gasteiger partial charge is 0.162 e. The number of para-hydroxylation sites is 2. The highest BCUT2D eigenvalue weighted by molar-refractivity contribution is 6.30. The molecule has 4 rings (SSSR count). The number of alkyl halides is 1. The van der Waals surface area contributed by atoms with Crippen molar-refractivity contribution in [3.05, 3.63) is 71.0 Å². The van der Waals surface area contributed by atoms with E-state index in [0.29, 0.717) is 0 Å². The molecule has 0 fully saturated rings. The largest absolute Gasteiger partial charge is 0.358 e. The summed E-state index contributed by atoms with van der Waals surface area (Å²) in [5, 5.41) is 1.63. The summed E-state index contributed by atoms with van der Waals surface area (Å²) in [5.74, 6) is 0.277. The minimum Gasteiger partial charge on any atom is -0.358 e. The summed E-state index contributed by atoms with van der Waals surface area (Å²) in [4.78, 5) is 47.9. The van der Waals surface area contributed by atoms with Crippen molar-refractivity contribution in [2.75, 3.05) is 0 Å². The van der Waals surface area contributed by atoms with Gasteiger partial charge in [-0.05, 0) is 67.5 Å². The number of rotatable bonds is 5. The topological polar surface area (TPSA) is 89.0 Å². The molecule has 4 aromatic rings. The van der Waals surface area contributed by atoms with Gasteiger partial charge in [-0.3, -0.25) is 19.2 Å². The molecule has 0 radical (unpaired) electrons. The zero-order valence-electron chi connectivity index (χ0n) is 22.7. The highest BCUT2D eigenvalue weighted by Crippen LogP contribution is 2.29. The van der Waals surface area contributed by atoms with E-state index in [1.165, 1.54) is 6.92 Å². The summed E-state index contributed by atoms with van der Waals surface area (Å²) in [5.41, 5.74) is 5.34. The lowest BCUT2D eigenvalue weighted by atomic mass is 10.1. The first-order valence-electron chi connectivity index (χ1n) is 12.1. The van der Waals surface area contributed by atoms with Crippen LogP contribution in [0.15, 0.2) is 48.5 Å². The Bertz CT molecular complexity index is 1460. The molecular weight excluding hydrogens is 488 g/mol. The first-order valence-corrected chi connectivity index (χ1v) is 12.6. The number of aromatic amines is 1. The van der Waals surface area contributed by atoms with Crippen LogP contribution in [0.4, 0.5) is 0 Å². The van der Waals surface area contributed by atoms with E-state index < -0.39 is 0 Å². The number of nitrogens with one attached hydrogen (secondary N) is 1. The maximum absolute atomic E-state index is 11.8. The fraction of sp³-hybridized carbons (Fsp3) is 0.333. The van der Waals surface area contributed by atoms with Crippen LogP contribution in [0.1, 0.15) is 79.7 Å². The fourth-order valence-corrected chi connectivity index (χ4v) is 4.25. The molecule has 0 saturated heterocycles. The van der Waals surface area contributed by atoms with Crippen LogP contribution < -0.4 is 0 Å². The molecule has 0 spiro atoms. The van der Waals surface area contributed by atoms with Crippen LogP contribution >= 0.6 is 11.6 Å². The summed E-state index contributed by atoms with van der Waals surface area (Å²) < 4.78 is 1.95. The van der Waals surface area contributed by atoms with E-state index in [9.17, 15) is 19.2 Å². The van der Waals surface area contributed by atoms with Gasteiger partial charge in [0.05, 0.1) is 11.4 Å². The number of carbonyl (C=O) groups is 4. The molecule has 37 heavy (non-hydrogen) atoms. The summed E-state index contributed by atoms with van der Waals surface area (Å²) in [6.07, 6.45) is 0. The van der Waals surface area contributed by atoms with Gasteiger partial charge in [-0.25, -0.2) is 0 Å². The Hall–Kier alpha value is -3.51. The molecule has 1 N–H and O–H groups in total. The van der Waals surface area contributed by atoms with Gasteiger partial charge in [-0.1, -0.05) is 36.4 Å². The molecule has 7 heteroatoms. The lowest BCUT2D eigenvalue weighted by Gasteiger charge is -2.14. The Morgan fingerprint density at radius 3 is 1.73 bits per heavy atom. The van der Waals surface area contributed by atoms with Crippen molar-refractivity contribution in [1.82, 2.24) is 9.55 Å². The number of aryl methyl sites for hydroxylation is 1. The average Bonchev–Trinajstić information content (AvgIpc) is 3.31. The van der Waals surface area contributed by atoms with E-state index >= 15 is 0 Å². The first-order chi connectivity index (χ1) is 17.3. The molecule has 2 atom stereocenters. The number of carbonyl (C=O) groups excluding carboxylic acids is 4. The number of benzene rings is 2. The molecule has 196 valence electrons. The fourth-order valence-electron chi connectivity index (χ4n) is 4.25. The van der Waals surface area contributed by atoms with Crippen LogP contribution in [0.5, 0.6) is 0 Å². The number of Topliss-reactive ketones (excluding diaryl/α,β-unsaturated/α-hetero) is 4. The predicted octanol–water partition coefficient (Wildman–Crippen LogP) is 7.18. The van der Waals surface area contributed by atoms with E-state index in [1.807, 2.05) is 73.9 Å². The van der Waals surface area contributed by atoms with E-state index in [1.54, 1.807) is 27.7 Å². The van der Waals surface area contributed by atoms with Gasteiger partial charge >= 0.3 is 0 Å². The van der Waals surface area contributed by atoms with Gasteiger partial charge in [-0.2, -0.15) is 0 Å². The number of hydrogen-bond donors (Lipinski definition) is 1. The van der Waals surface area contributed by atoms with Crippen LogP contribution in [0.2, 0.25) is 0 Å². The second-order valence-corrected chi connectivity index (χ2v) is 9.80. The number of halogens is 1. The second-order valence-electron chi connectivity index (χ2n) is 9.14. The minimum absolute atomic E-state index is 0.0247. The lowest BCUT2D eigenvalue weighted by molar-refractivity contribution is -0.119. The molecule has 0 aliphatic heterocycles. The van der Waals surface area contributed by atoms with E-state index in [-0.39, 0.29) is 34.6 Å². The van der Waals surface area contributed by atoms with Crippen molar-refractivity contribution < 1.29 is 19.2 Å². The Kier molecular flexibility index (Phi) is 10.2. The molecule has 2 unspecified atom stereocenters. The second kappa shape index (κ2) is 12.6. The summed E-state index contributed by atoms with van der Waals surface area (Å²) in [6.45, 7) is 13.6. The monoisotopic (exact) mass is 522 g/mol. The third-order valence-electron chi connectivity index (χ3n) is 6.29. The minimum atomic E-state index is -0.315. The number of ketones is 4. The van der Waals surface area contributed by atoms with Gasteiger partial charge in [0.25, 0.3) is 0 Å². The molecule has 0 aliphatic carbocycles. The molecule has 2 aromatic carbocycles. The van der Waals surface area contributed by atoms with Crippen LogP contribution in [-0.4, -0.2) is 38.1 Å². The van der Waals surface area contributed by atoms with Gasteiger partial charge in [0.15, 0.2) is 17.3 Å². The van der Waals surface area contributed by atoms with Crippen molar-refractivity contribution >= 4 is 56.5 Å². The van der Waals surface area contributed by atoms with E-state index in [2.05, 4.69) is 4.98 Å². The predicted molar refractivity (Wildman–Crippen MR) is 151 cm³/mol. The SMILES string of the molecule is CC(=O)C(C)Cl.CC(=O)c1c(C)[nH]c2ccccc12.CC(=O)c1c(C)n(C(C)C(C)=O)c2ccccc12. The number of hydrogen-bond acceptors (Lipinski definition) is 4. The quantitative estimate of drug-likeness (QED) is 0.222. The van der Waals surface area contributed by atoms with E-state index in [0.717, 1.165) is 44.3 Å². The summed E-state index contributed by atoms with van der Waals surface area (Å²) >= 11 is 5.26. The maximum Gasteiger partial charge on any atom is 0.162 e. The lowest BCUT2D eigenvalue weighted by Crippen LogP contribution is -2.15. The standard InChI is InChI=1S/C15H17NO2.C11H11NO.C4H7ClO/c1-9(11(3)17)16-10(2)15(12(4)18)13-7-5-6-8-14(13)16;1-7-11(8(2)13)9-5-3-4-6-10(9)12-7;1-3(5)4(2)6/h5-9H,1-4H3;3-6,12H,1-2H3;3H,1-2H3. The van der Waals surface area contributed by atoms with Crippen LogP contribution in [0.25, 0.3) is 21.8 Å². The Labute approximate surface area is 223 Å². The Morgan fingerprint density at radius 2 is 1.24 bits per heavy atom. The number of aromatic nitrogens is 2. The number of nitrogens with zero attached hydrogens (tertiary/aromatic N) is 1. The highest BCUT2D eigenvalue weighted by Gasteiger charge is 2.21. The molecule has 6 nitrogen and oxygen atoms in total. The molecule has 2 heterocycles.